The molecule has 0 spiro atoms. The molecule has 0 saturated heterocycles. The number of nitrogens with zero attached hydrogens (tertiary/aromatic N) is 4. The molecule has 0 atom stereocenters. The number of amides is 1. The number of benzene rings is 1. The van der Waals surface area contributed by atoms with E-state index < -0.39 is 5.91 Å². The van der Waals surface area contributed by atoms with Gasteiger partial charge in [0, 0.05) is 66.5 Å². The lowest BCUT2D eigenvalue weighted by molar-refractivity contribution is -0.124. The van der Waals surface area contributed by atoms with E-state index in [1.165, 1.54) is 17.6 Å². The second kappa shape index (κ2) is 9.12. The fourth-order valence-electron chi connectivity index (χ4n) is 2.56. The average Bonchev–Trinajstić information content (AvgIpc) is 2.72. The van der Waals surface area contributed by atoms with Gasteiger partial charge < -0.3 is 10.2 Å². The summed E-state index contributed by atoms with van der Waals surface area (Å²) in [6.45, 7) is 1.36. The average molecular weight is 399 g/mol. The quantitative estimate of drug-likeness (QED) is 0.319. The highest BCUT2D eigenvalue weighted by Crippen LogP contribution is 2.24. The number of halogens is 1. The fraction of sp³-hybridized carbons (Fsp3) is 0.158. The zero-order valence-electron chi connectivity index (χ0n) is 15.1. The van der Waals surface area contributed by atoms with Gasteiger partial charge in [-0.3, -0.25) is 15.0 Å². The van der Waals surface area contributed by atoms with Gasteiger partial charge in [0.05, 0.1) is 5.52 Å². The molecule has 0 aliphatic rings. The Hall–Kier alpha value is -3.23. The van der Waals surface area contributed by atoms with E-state index >= 15 is 0 Å². The first kappa shape index (κ1) is 19.5. The number of nitrogens with one attached hydrogen (secondary N) is 2. The molecule has 0 radical (unpaired) electrons. The van der Waals surface area contributed by atoms with Crippen LogP contribution < -0.4 is 15.7 Å². The van der Waals surface area contributed by atoms with Crippen LogP contribution in [0.2, 0.25) is 5.02 Å². The maximum atomic E-state index is 11.0. The first-order valence-corrected chi connectivity index (χ1v) is 8.88. The van der Waals surface area contributed by atoms with Crippen molar-refractivity contribution in [3.63, 3.8) is 0 Å². The summed E-state index contributed by atoms with van der Waals surface area (Å²) < 4.78 is 0. The number of anilines is 2. The van der Waals surface area contributed by atoms with Crippen molar-refractivity contribution in [2.75, 3.05) is 30.4 Å². The SMILES string of the molecule is CN(CCNc1ccnc2cc(Cl)ccc12)c1ncc(/C=C/C(=O)NO)cn1. The molecule has 0 unspecified atom stereocenters. The lowest BCUT2D eigenvalue weighted by atomic mass is 10.2. The van der Waals surface area contributed by atoms with Crippen LogP contribution in [-0.4, -0.2) is 46.2 Å². The molecule has 3 aromatic rings. The highest BCUT2D eigenvalue weighted by atomic mass is 35.5. The normalized spacial score (nSPS) is 11.0. The number of pyridine rings is 1. The van der Waals surface area contributed by atoms with Crippen molar-refractivity contribution in [3.05, 3.63) is 59.5 Å². The molecule has 3 N–H and O–H groups in total. The van der Waals surface area contributed by atoms with Crippen LogP contribution >= 0.6 is 11.6 Å². The van der Waals surface area contributed by atoms with Crippen molar-refractivity contribution in [1.82, 2.24) is 20.4 Å². The highest BCUT2D eigenvalue weighted by Gasteiger charge is 2.06. The first-order chi connectivity index (χ1) is 13.6. The number of carbonyl (C=O) groups excluding carboxylic acids is 1. The molecule has 2 aromatic heterocycles. The second-order valence-electron chi connectivity index (χ2n) is 5.99. The summed E-state index contributed by atoms with van der Waals surface area (Å²) in [5.74, 6) is -0.0462. The Kier molecular flexibility index (Phi) is 6.36. The van der Waals surface area contributed by atoms with E-state index in [1.54, 1.807) is 18.6 Å². The van der Waals surface area contributed by atoms with Crippen LogP contribution in [0.15, 0.2) is 48.9 Å². The van der Waals surface area contributed by atoms with Crippen LogP contribution in [0.4, 0.5) is 11.6 Å². The Morgan fingerprint density at radius 3 is 2.79 bits per heavy atom. The van der Waals surface area contributed by atoms with Gasteiger partial charge in [-0.25, -0.2) is 15.4 Å². The number of aromatic nitrogens is 3. The van der Waals surface area contributed by atoms with Crippen molar-refractivity contribution >= 4 is 46.1 Å². The third-order valence-corrected chi connectivity index (χ3v) is 4.24. The molecule has 1 aromatic carbocycles. The Morgan fingerprint density at radius 2 is 2.04 bits per heavy atom. The molecule has 9 heteroatoms. The number of fused-ring (bicyclic) bond motifs is 1. The van der Waals surface area contributed by atoms with Gasteiger partial charge in [-0.05, 0) is 30.3 Å². The largest absolute Gasteiger partial charge is 0.383 e. The minimum atomic E-state index is -0.613. The van der Waals surface area contributed by atoms with Crippen molar-refractivity contribution < 1.29 is 10.0 Å². The van der Waals surface area contributed by atoms with Gasteiger partial charge >= 0.3 is 0 Å². The first-order valence-electron chi connectivity index (χ1n) is 8.50. The molecule has 0 aliphatic carbocycles. The number of hydrogen-bond acceptors (Lipinski definition) is 7. The molecule has 2 heterocycles. The number of likely N-dealkylation sites (N-methyl/N-ethyl adjacent to an activating group) is 1. The Bertz CT molecular complexity index is 993. The summed E-state index contributed by atoms with van der Waals surface area (Å²) in [6.07, 6.45) is 7.66. The molecule has 28 heavy (non-hydrogen) atoms. The number of rotatable bonds is 7. The molecular weight excluding hydrogens is 380 g/mol. The number of hydroxylamine groups is 1. The Balaban J connectivity index is 1.58. The van der Waals surface area contributed by atoms with Crippen LogP contribution in [0.5, 0.6) is 0 Å². The summed E-state index contributed by atoms with van der Waals surface area (Å²) in [7, 11) is 1.90. The van der Waals surface area contributed by atoms with Gasteiger partial charge in [-0.15, -0.1) is 0 Å². The summed E-state index contributed by atoms with van der Waals surface area (Å²) >= 11 is 6.02. The van der Waals surface area contributed by atoms with Gasteiger partial charge in [0.15, 0.2) is 0 Å². The van der Waals surface area contributed by atoms with Crippen molar-refractivity contribution in [2.45, 2.75) is 0 Å². The Morgan fingerprint density at radius 1 is 1.25 bits per heavy atom. The second-order valence-corrected chi connectivity index (χ2v) is 6.43. The Labute approximate surface area is 166 Å². The summed E-state index contributed by atoms with van der Waals surface area (Å²) in [4.78, 5) is 25.8. The van der Waals surface area contributed by atoms with Crippen LogP contribution in [0, 0.1) is 0 Å². The van der Waals surface area contributed by atoms with E-state index in [0.717, 1.165) is 16.6 Å². The van der Waals surface area contributed by atoms with E-state index in [2.05, 4.69) is 20.3 Å². The van der Waals surface area contributed by atoms with Gasteiger partial charge in [0.25, 0.3) is 5.91 Å². The molecule has 3 rings (SSSR count). The summed E-state index contributed by atoms with van der Waals surface area (Å²) in [5, 5.41) is 13.5. The monoisotopic (exact) mass is 398 g/mol. The third-order valence-electron chi connectivity index (χ3n) is 4.00. The molecule has 144 valence electrons. The van der Waals surface area contributed by atoms with Crippen LogP contribution in [0.3, 0.4) is 0 Å². The van der Waals surface area contributed by atoms with Gasteiger partial charge in [-0.2, -0.15) is 0 Å². The molecule has 0 fully saturated rings. The van der Waals surface area contributed by atoms with Crippen LogP contribution in [-0.2, 0) is 4.79 Å². The van der Waals surface area contributed by atoms with Gasteiger partial charge in [0.1, 0.15) is 0 Å². The van der Waals surface area contributed by atoms with E-state index in [-0.39, 0.29) is 0 Å². The number of carbonyl (C=O) groups is 1. The molecular formula is C19H19ClN6O2. The molecule has 0 bridgehead atoms. The zero-order chi connectivity index (χ0) is 19.9. The highest BCUT2D eigenvalue weighted by molar-refractivity contribution is 6.31. The maximum Gasteiger partial charge on any atom is 0.267 e. The summed E-state index contributed by atoms with van der Waals surface area (Å²) in [6, 6.07) is 7.55. The molecule has 0 aliphatic heterocycles. The van der Waals surface area contributed by atoms with Crippen molar-refractivity contribution in [1.29, 1.82) is 0 Å². The standard InChI is InChI=1S/C19H19ClN6O2/c1-26(19-23-11-13(12-24-19)2-5-18(27)25-28)9-8-22-16-6-7-21-17-10-14(20)3-4-15(16)17/h2-7,10-12,28H,8-9H2,1H3,(H,21,22)(H,25,27)/b5-2+. The smallest absolute Gasteiger partial charge is 0.267 e. The minimum absolute atomic E-state index is 0.567. The van der Waals surface area contributed by atoms with Crippen LogP contribution in [0.25, 0.3) is 17.0 Å². The van der Waals surface area contributed by atoms with Crippen molar-refractivity contribution in [3.8, 4) is 0 Å². The van der Waals surface area contributed by atoms with Crippen molar-refractivity contribution in [2.24, 2.45) is 0 Å². The van der Waals surface area contributed by atoms with Crippen LogP contribution in [0.1, 0.15) is 5.56 Å². The topological polar surface area (TPSA) is 103 Å². The predicted molar refractivity (Wildman–Crippen MR) is 110 cm³/mol. The molecule has 0 saturated carbocycles. The predicted octanol–water partition coefficient (Wildman–Crippen LogP) is 2.75. The fourth-order valence-corrected chi connectivity index (χ4v) is 2.72. The minimum Gasteiger partial charge on any atom is -0.383 e. The summed E-state index contributed by atoms with van der Waals surface area (Å²) in [5.41, 5.74) is 4.00. The third kappa shape index (κ3) is 4.93. The van der Waals surface area contributed by atoms with E-state index in [0.29, 0.717) is 29.6 Å². The van der Waals surface area contributed by atoms with E-state index in [1.807, 2.05) is 36.2 Å². The number of hydrogen-bond donors (Lipinski definition) is 3. The van der Waals surface area contributed by atoms with Gasteiger partial charge in [-0.1, -0.05) is 11.6 Å². The molecule has 1 amide bonds. The zero-order valence-corrected chi connectivity index (χ0v) is 15.9. The lowest BCUT2D eigenvalue weighted by Gasteiger charge is -2.18. The molecule has 8 nitrogen and oxygen atoms in total. The maximum absolute atomic E-state index is 11.0. The van der Waals surface area contributed by atoms with E-state index in [4.69, 9.17) is 16.8 Å². The lowest BCUT2D eigenvalue weighted by Crippen LogP contribution is -2.26. The van der Waals surface area contributed by atoms with Gasteiger partial charge in [0.2, 0.25) is 5.95 Å². The van der Waals surface area contributed by atoms with E-state index in [9.17, 15) is 4.79 Å².